The molecule has 0 spiro atoms. The van der Waals surface area contributed by atoms with Gasteiger partial charge < -0.3 is 4.84 Å². The Kier molecular flexibility index (Phi) is 6.12. The smallest absolute Gasteiger partial charge is 0.130 e. The molecule has 0 N–H and O–H groups in total. The molecule has 0 aliphatic rings. The van der Waals surface area contributed by atoms with E-state index in [-0.39, 0.29) is 17.4 Å². The van der Waals surface area contributed by atoms with Gasteiger partial charge in [-0.15, -0.1) is 11.8 Å². The second-order valence-corrected chi connectivity index (χ2v) is 5.09. The Bertz CT molecular complexity index is 403. The minimum Gasteiger partial charge on any atom is -0.392 e. The minimum atomic E-state index is -0.529. The SMILES string of the molecule is CCC(C)O/N=C(\C)SCc1c(F)cccc1F. The third-order valence-electron chi connectivity index (χ3n) is 2.42. The highest BCUT2D eigenvalue weighted by atomic mass is 32.2. The van der Waals surface area contributed by atoms with Gasteiger partial charge in [0.15, 0.2) is 0 Å². The third-order valence-corrected chi connectivity index (χ3v) is 3.35. The zero-order chi connectivity index (χ0) is 13.5. The van der Waals surface area contributed by atoms with Gasteiger partial charge in [0, 0.05) is 11.3 Å². The monoisotopic (exact) mass is 273 g/mol. The second-order valence-electron chi connectivity index (χ2n) is 3.92. The summed E-state index contributed by atoms with van der Waals surface area (Å²) in [5, 5.41) is 4.55. The van der Waals surface area contributed by atoms with Crippen LogP contribution in [0.15, 0.2) is 23.4 Å². The molecule has 1 atom stereocenters. The van der Waals surface area contributed by atoms with Gasteiger partial charge >= 0.3 is 0 Å². The van der Waals surface area contributed by atoms with Crippen LogP contribution >= 0.6 is 11.8 Å². The first kappa shape index (κ1) is 15.0. The van der Waals surface area contributed by atoms with Crippen molar-refractivity contribution in [2.45, 2.75) is 39.0 Å². The number of hydrogen-bond donors (Lipinski definition) is 0. The van der Waals surface area contributed by atoms with Crippen molar-refractivity contribution in [3.05, 3.63) is 35.4 Å². The van der Waals surface area contributed by atoms with E-state index < -0.39 is 11.6 Å². The molecule has 2 nitrogen and oxygen atoms in total. The maximum atomic E-state index is 13.3. The standard InChI is InChI=1S/C13H17F2NOS/c1-4-9(2)17-16-10(3)18-8-11-12(14)6-5-7-13(11)15/h5-7,9H,4,8H2,1-3H3/b16-10+. The summed E-state index contributed by atoms with van der Waals surface area (Å²) < 4.78 is 26.7. The Balaban J connectivity index is 2.54. The Morgan fingerprint density at radius 2 is 2.00 bits per heavy atom. The summed E-state index contributed by atoms with van der Waals surface area (Å²) in [5.41, 5.74) is 0.0700. The van der Waals surface area contributed by atoms with Crippen LogP contribution in [0.5, 0.6) is 0 Å². The molecule has 1 unspecified atom stereocenters. The lowest BCUT2D eigenvalue weighted by molar-refractivity contribution is 0.0706. The number of rotatable bonds is 5. The summed E-state index contributed by atoms with van der Waals surface area (Å²) in [5.74, 6) is -0.853. The lowest BCUT2D eigenvalue weighted by atomic mass is 10.2. The van der Waals surface area contributed by atoms with Crippen LogP contribution in [-0.2, 0) is 10.6 Å². The van der Waals surface area contributed by atoms with Gasteiger partial charge in [0.25, 0.3) is 0 Å². The van der Waals surface area contributed by atoms with Gasteiger partial charge in [-0.25, -0.2) is 8.78 Å². The van der Waals surface area contributed by atoms with Gasteiger partial charge in [-0.05, 0) is 32.4 Å². The summed E-state index contributed by atoms with van der Waals surface area (Å²) in [4.78, 5) is 5.18. The van der Waals surface area contributed by atoms with E-state index >= 15 is 0 Å². The van der Waals surface area contributed by atoms with Crippen LogP contribution in [0.1, 0.15) is 32.8 Å². The second kappa shape index (κ2) is 7.36. The van der Waals surface area contributed by atoms with Crippen LogP contribution in [0.3, 0.4) is 0 Å². The van der Waals surface area contributed by atoms with E-state index in [1.165, 1.54) is 30.0 Å². The number of thioether (sulfide) groups is 1. The van der Waals surface area contributed by atoms with Gasteiger partial charge in [0.1, 0.15) is 22.8 Å². The quantitative estimate of drug-likeness (QED) is 0.452. The molecule has 1 rings (SSSR count). The first-order valence-electron chi connectivity index (χ1n) is 5.80. The largest absolute Gasteiger partial charge is 0.392 e. The van der Waals surface area contributed by atoms with E-state index in [2.05, 4.69) is 5.16 Å². The van der Waals surface area contributed by atoms with Crippen molar-refractivity contribution in [2.24, 2.45) is 5.16 Å². The molecule has 100 valence electrons. The van der Waals surface area contributed by atoms with Crippen molar-refractivity contribution in [3.8, 4) is 0 Å². The molecule has 0 heterocycles. The Morgan fingerprint density at radius 3 is 2.56 bits per heavy atom. The summed E-state index contributed by atoms with van der Waals surface area (Å²) in [6.07, 6.45) is 0.911. The highest BCUT2D eigenvalue weighted by Gasteiger charge is 2.09. The molecule has 0 aliphatic carbocycles. The summed E-state index contributed by atoms with van der Waals surface area (Å²) in [6.45, 7) is 5.67. The molecule has 0 amide bonds. The van der Waals surface area contributed by atoms with Crippen molar-refractivity contribution >= 4 is 16.8 Å². The van der Waals surface area contributed by atoms with Crippen LogP contribution in [0.2, 0.25) is 0 Å². The molecule has 0 aromatic heterocycles. The molecule has 1 aromatic carbocycles. The molecule has 0 radical (unpaired) electrons. The molecule has 0 saturated heterocycles. The molecule has 18 heavy (non-hydrogen) atoms. The van der Waals surface area contributed by atoms with Crippen molar-refractivity contribution in [1.82, 2.24) is 0 Å². The van der Waals surface area contributed by atoms with Gasteiger partial charge in [0.05, 0.1) is 0 Å². The highest BCUT2D eigenvalue weighted by Crippen LogP contribution is 2.20. The van der Waals surface area contributed by atoms with E-state index in [1.54, 1.807) is 6.92 Å². The molecule has 0 aliphatic heterocycles. The van der Waals surface area contributed by atoms with E-state index in [9.17, 15) is 8.78 Å². The fourth-order valence-electron chi connectivity index (χ4n) is 1.11. The maximum absolute atomic E-state index is 13.3. The molecule has 0 saturated carbocycles. The number of hydrogen-bond acceptors (Lipinski definition) is 3. The van der Waals surface area contributed by atoms with Crippen molar-refractivity contribution in [3.63, 3.8) is 0 Å². The molecular weight excluding hydrogens is 256 g/mol. The Morgan fingerprint density at radius 1 is 1.39 bits per heavy atom. The fourth-order valence-corrected chi connectivity index (χ4v) is 1.84. The lowest BCUT2D eigenvalue weighted by Crippen LogP contribution is -2.03. The van der Waals surface area contributed by atoms with E-state index in [4.69, 9.17) is 4.84 Å². The van der Waals surface area contributed by atoms with E-state index in [0.717, 1.165) is 6.42 Å². The van der Waals surface area contributed by atoms with Crippen LogP contribution < -0.4 is 0 Å². The maximum Gasteiger partial charge on any atom is 0.130 e. The normalized spacial score (nSPS) is 13.5. The number of halogens is 2. The first-order chi connectivity index (χ1) is 8.54. The third kappa shape index (κ3) is 4.64. The Labute approximate surface area is 110 Å². The Hall–Kier alpha value is -1.10. The van der Waals surface area contributed by atoms with Crippen molar-refractivity contribution < 1.29 is 13.6 Å². The number of oxime groups is 1. The van der Waals surface area contributed by atoms with Gasteiger partial charge in [-0.2, -0.15) is 0 Å². The topological polar surface area (TPSA) is 21.6 Å². The summed E-state index contributed by atoms with van der Waals surface area (Å²) in [6, 6.07) is 3.86. The zero-order valence-electron chi connectivity index (χ0n) is 10.7. The van der Waals surface area contributed by atoms with Crippen LogP contribution in [0.4, 0.5) is 8.78 Å². The van der Waals surface area contributed by atoms with Gasteiger partial charge in [-0.1, -0.05) is 18.1 Å². The van der Waals surface area contributed by atoms with Gasteiger partial charge in [0.2, 0.25) is 0 Å². The van der Waals surface area contributed by atoms with Crippen LogP contribution in [0, 0.1) is 11.6 Å². The summed E-state index contributed by atoms with van der Waals surface area (Å²) >= 11 is 1.26. The predicted molar refractivity (Wildman–Crippen MR) is 71.6 cm³/mol. The molecule has 0 bridgehead atoms. The summed E-state index contributed by atoms with van der Waals surface area (Å²) in [7, 11) is 0. The lowest BCUT2D eigenvalue weighted by Gasteiger charge is -2.07. The number of nitrogens with zero attached hydrogens (tertiary/aromatic N) is 1. The van der Waals surface area contributed by atoms with Crippen molar-refractivity contribution in [1.29, 1.82) is 0 Å². The van der Waals surface area contributed by atoms with E-state index in [0.29, 0.717) is 5.04 Å². The zero-order valence-corrected chi connectivity index (χ0v) is 11.6. The first-order valence-corrected chi connectivity index (χ1v) is 6.79. The predicted octanol–water partition coefficient (Wildman–Crippen LogP) is 4.35. The molecular formula is C13H17F2NOS. The molecule has 5 heteroatoms. The van der Waals surface area contributed by atoms with Crippen molar-refractivity contribution in [2.75, 3.05) is 0 Å². The van der Waals surface area contributed by atoms with E-state index in [1.807, 2.05) is 13.8 Å². The minimum absolute atomic E-state index is 0.0470. The average Bonchev–Trinajstić information content (AvgIpc) is 2.35. The molecule has 1 aromatic rings. The molecule has 0 fully saturated rings. The van der Waals surface area contributed by atoms with Gasteiger partial charge in [-0.3, -0.25) is 0 Å². The highest BCUT2D eigenvalue weighted by molar-refractivity contribution is 8.13. The van der Waals surface area contributed by atoms with Crippen LogP contribution in [-0.4, -0.2) is 11.1 Å². The van der Waals surface area contributed by atoms with Crippen LogP contribution in [0.25, 0.3) is 0 Å². The average molecular weight is 273 g/mol. The fraction of sp³-hybridized carbons (Fsp3) is 0.462. The number of benzene rings is 1.